The van der Waals surface area contributed by atoms with Crippen LogP contribution in [0.3, 0.4) is 0 Å². The number of morpholine rings is 1. The first kappa shape index (κ1) is 22.7. The van der Waals surface area contributed by atoms with E-state index in [0.29, 0.717) is 12.1 Å². The van der Waals surface area contributed by atoms with Crippen LogP contribution in [0.5, 0.6) is 0 Å². The quantitative estimate of drug-likeness (QED) is 0.763. The Balaban J connectivity index is 0.000000318. The maximum Gasteiger partial charge on any atom is 0.490 e. The molecule has 30 heavy (non-hydrogen) atoms. The minimum Gasteiger partial charge on any atom is -0.475 e. The summed E-state index contributed by atoms with van der Waals surface area (Å²) in [6.07, 6.45) is -2.91. The van der Waals surface area contributed by atoms with Gasteiger partial charge in [-0.3, -0.25) is 9.80 Å². The molecule has 4 heterocycles. The molecule has 1 N–H and O–H groups in total. The molecule has 2 aliphatic heterocycles. The summed E-state index contributed by atoms with van der Waals surface area (Å²) in [6, 6.07) is 0.442. The molecule has 2 saturated heterocycles. The van der Waals surface area contributed by atoms with Crippen LogP contribution in [0, 0.1) is 13.8 Å². The summed E-state index contributed by atoms with van der Waals surface area (Å²) in [4.78, 5) is 18.3. The fraction of sp³-hybridized carbons (Fsp3) is 0.611. The number of fused-ring (bicyclic) bond motifs is 1. The van der Waals surface area contributed by atoms with Crippen LogP contribution in [-0.2, 0) is 22.6 Å². The summed E-state index contributed by atoms with van der Waals surface area (Å²) in [5.41, 5.74) is 2.23. The van der Waals surface area contributed by atoms with Gasteiger partial charge in [-0.05, 0) is 13.8 Å². The van der Waals surface area contributed by atoms with Crippen molar-refractivity contribution in [3.05, 3.63) is 33.6 Å². The molecule has 2 fully saturated rings. The van der Waals surface area contributed by atoms with Gasteiger partial charge in [0.25, 0.3) is 0 Å². The molecule has 2 atom stereocenters. The van der Waals surface area contributed by atoms with Crippen molar-refractivity contribution in [2.75, 3.05) is 26.2 Å². The molecule has 2 aromatic heterocycles. The second-order valence-corrected chi connectivity index (χ2v) is 8.15. The van der Waals surface area contributed by atoms with Crippen LogP contribution in [0.1, 0.15) is 22.0 Å². The van der Waals surface area contributed by atoms with E-state index in [0.717, 1.165) is 50.8 Å². The first-order valence-electron chi connectivity index (χ1n) is 9.33. The summed E-state index contributed by atoms with van der Waals surface area (Å²) >= 11 is 1.72. The van der Waals surface area contributed by atoms with Gasteiger partial charge in [0, 0.05) is 43.3 Å². The van der Waals surface area contributed by atoms with Gasteiger partial charge in [-0.15, -0.1) is 11.3 Å². The number of carboxylic acids is 1. The summed E-state index contributed by atoms with van der Waals surface area (Å²) in [5, 5.41) is 14.4. The standard InChI is InChI=1S/C16H22N4O2S.C2HF3O2/c1-11-13(12(2)22-18-11)7-20-4-5-21-15-9-19(8-14(15)20)10-16-17-3-6-23-16;3-2(4,5)1(6)7/h3,6,14-15H,4-5,7-10H2,1-2H3;(H,6,7)/t14-,15+;/m1./s1. The van der Waals surface area contributed by atoms with Crippen LogP contribution in [0.4, 0.5) is 13.2 Å². The topological polar surface area (TPSA) is 91.9 Å². The Hall–Kier alpha value is -2.02. The average molecular weight is 448 g/mol. The van der Waals surface area contributed by atoms with E-state index in [1.165, 1.54) is 10.6 Å². The number of hydrogen-bond donors (Lipinski definition) is 1. The Morgan fingerprint density at radius 2 is 2.07 bits per heavy atom. The van der Waals surface area contributed by atoms with Crippen molar-refractivity contribution in [3.63, 3.8) is 0 Å². The van der Waals surface area contributed by atoms with E-state index in [1.807, 2.05) is 25.4 Å². The second-order valence-electron chi connectivity index (χ2n) is 7.17. The normalized spacial score (nSPS) is 22.4. The number of alkyl halides is 3. The number of carbonyl (C=O) groups is 1. The van der Waals surface area contributed by atoms with Crippen molar-refractivity contribution in [2.45, 2.75) is 45.3 Å². The molecule has 2 aromatic rings. The zero-order valence-electron chi connectivity index (χ0n) is 16.6. The van der Waals surface area contributed by atoms with Crippen molar-refractivity contribution in [2.24, 2.45) is 0 Å². The highest BCUT2D eigenvalue weighted by Crippen LogP contribution is 2.27. The summed E-state index contributed by atoms with van der Waals surface area (Å²) < 4.78 is 43.1. The van der Waals surface area contributed by atoms with Crippen molar-refractivity contribution in [1.82, 2.24) is 19.9 Å². The molecule has 2 aliphatic rings. The van der Waals surface area contributed by atoms with Gasteiger partial charge in [-0.2, -0.15) is 13.2 Å². The van der Waals surface area contributed by atoms with Gasteiger partial charge in [-0.1, -0.05) is 5.16 Å². The van der Waals surface area contributed by atoms with E-state index in [2.05, 4.69) is 19.9 Å². The maximum absolute atomic E-state index is 10.6. The van der Waals surface area contributed by atoms with Gasteiger partial charge in [0.05, 0.1) is 31.0 Å². The maximum atomic E-state index is 10.6. The van der Waals surface area contributed by atoms with Crippen LogP contribution in [0.15, 0.2) is 16.1 Å². The number of nitrogens with zero attached hydrogens (tertiary/aromatic N) is 4. The van der Waals surface area contributed by atoms with E-state index in [-0.39, 0.29) is 0 Å². The Kier molecular flexibility index (Phi) is 7.11. The number of ether oxygens (including phenoxy) is 1. The van der Waals surface area contributed by atoms with E-state index in [4.69, 9.17) is 19.2 Å². The van der Waals surface area contributed by atoms with Crippen LogP contribution in [0.2, 0.25) is 0 Å². The van der Waals surface area contributed by atoms with Gasteiger partial charge >= 0.3 is 12.1 Å². The predicted octanol–water partition coefficient (Wildman–Crippen LogP) is 2.47. The Labute approximate surface area is 175 Å². The van der Waals surface area contributed by atoms with E-state index < -0.39 is 12.1 Å². The van der Waals surface area contributed by atoms with Crippen molar-refractivity contribution < 1.29 is 32.3 Å². The Morgan fingerprint density at radius 3 is 2.63 bits per heavy atom. The molecule has 8 nitrogen and oxygen atoms in total. The van der Waals surface area contributed by atoms with E-state index >= 15 is 0 Å². The number of carboxylic acid groups (broad SMARTS) is 1. The SMILES string of the molecule is Cc1noc(C)c1CN1CCO[C@H]2CN(Cc3nccs3)C[C@H]21.O=C(O)C(F)(F)F. The minimum absolute atomic E-state index is 0.296. The Morgan fingerprint density at radius 1 is 1.33 bits per heavy atom. The number of hydrogen-bond acceptors (Lipinski definition) is 8. The molecule has 4 rings (SSSR count). The number of likely N-dealkylation sites (tertiary alicyclic amines) is 1. The number of aliphatic carboxylic acids is 1. The molecule has 0 aromatic carbocycles. The molecule has 12 heteroatoms. The number of thiazole rings is 1. The molecule has 0 aliphatic carbocycles. The van der Waals surface area contributed by atoms with Gasteiger partial charge in [0.15, 0.2) is 0 Å². The lowest BCUT2D eigenvalue weighted by molar-refractivity contribution is -0.192. The Bertz CT molecular complexity index is 824. The van der Waals surface area contributed by atoms with Crippen molar-refractivity contribution in [3.8, 4) is 0 Å². The number of rotatable bonds is 4. The van der Waals surface area contributed by atoms with Crippen molar-refractivity contribution in [1.29, 1.82) is 0 Å². The van der Waals surface area contributed by atoms with Gasteiger partial charge in [0.2, 0.25) is 0 Å². The predicted molar refractivity (Wildman–Crippen MR) is 101 cm³/mol. The summed E-state index contributed by atoms with van der Waals surface area (Å²) in [5.74, 6) is -1.82. The number of aromatic nitrogens is 2. The van der Waals surface area contributed by atoms with E-state index in [1.54, 1.807) is 11.3 Å². The lowest BCUT2D eigenvalue weighted by Crippen LogP contribution is -2.50. The molecule has 0 saturated carbocycles. The minimum atomic E-state index is -5.08. The molecule has 166 valence electrons. The zero-order chi connectivity index (χ0) is 21.9. The zero-order valence-corrected chi connectivity index (χ0v) is 17.4. The molecule has 0 radical (unpaired) electrons. The van der Waals surface area contributed by atoms with Gasteiger partial charge in [-0.25, -0.2) is 9.78 Å². The monoisotopic (exact) mass is 448 g/mol. The highest BCUT2D eigenvalue weighted by atomic mass is 32.1. The summed E-state index contributed by atoms with van der Waals surface area (Å²) in [6.45, 7) is 9.63. The lowest BCUT2D eigenvalue weighted by Gasteiger charge is -2.36. The van der Waals surface area contributed by atoms with Crippen LogP contribution >= 0.6 is 11.3 Å². The molecular formula is C18H23F3N4O4S. The molecule has 0 unspecified atom stereocenters. The average Bonchev–Trinajstić information content (AvgIpc) is 3.39. The molecule has 0 amide bonds. The fourth-order valence-corrected chi connectivity index (χ4v) is 4.27. The third kappa shape index (κ3) is 5.56. The van der Waals surface area contributed by atoms with Gasteiger partial charge in [0.1, 0.15) is 10.8 Å². The smallest absolute Gasteiger partial charge is 0.475 e. The number of aryl methyl sites for hydroxylation is 2. The fourth-order valence-electron chi connectivity index (χ4n) is 3.61. The first-order chi connectivity index (χ1) is 14.1. The largest absolute Gasteiger partial charge is 0.490 e. The van der Waals surface area contributed by atoms with Gasteiger partial charge < -0.3 is 14.4 Å². The number of halogens is 3. The highest BCUT2D eigenvalue weighted by Gasteiger charge is 2.40. The van der Waals surface area contributed by atoms with E-state index in [9.17, 15) is 13.2 Å². The van der Waals surface area contributed by atoms with Crippen LogP contribution < -0.4 is 0 Å². The molecular weight excluding hydrogens is 425 g/mol. The first-order valence-corrected chi connectivity index (χ1v) is 10.2. The molecule has 0 spiro atoms. The third-order valence-electron chi connectivity index (χ3n) is 5.12. The summed E-state index contributed by atoms with van der Waals surface area (Å²) in [7, 11) is 0. The van der Waals surface area contributed by atoms with Crippen LogP contribution in [0.25, 0.3) is 0 Å². The highest BCUT2D eigenvalue weighted by molar-refractivity contribution is 7.09. The molecule has 0 bridgehead atoms. The van der Waals surface area contributed by atoms with Crippen molar-refractivity contribution >= 4 is 17.3 Å². The third-order valence-corrected chi connectivity index (χ3v) is 5.88. The second kappa shape index (κ2) is 9.41. The van der Waals surface area contributed by atoms with Crippen LogP contribution in [-0.4, -0.2) is 75.6 Å². The lowest BCUT2D eigenvalue weighted by atomic mass is 10.1.